The van der Waals surface area contributed by atoms with Crippen molar-refractivity contribution >= 4 is 41.2 Å². The summed E-state index contributed by atoms with van der Waals surface area (Å²) in [4.78, 5) is 25.8. The van der Waals surface area contributed by atoms with Crippen molar-refractivity contribution in [3.63, 3.8) is 0 Å². The maximum absolute atomic E-state index is 12.9. The number of fused-ring (bicyclic) bond motifs is 1. The highest BCUT2D eigenvalue weighted by molar-refractivity contribution is 7.15. The van der Waals surface area contributed by atoms with Crippen molar-refractivity contribution in [2.75, 3.05) is 31.5 Å². The Balaban J connectivity index is 1.55. The van der Waals surface area contributed by atoms with Gasteiger partial charge in [-0.15, -0.1) is 11.3 Å². The second-order valence-electron chi connectivity index (χ2n) is 7.13. The molecule has 2 aromatic rings. The fraction of sp³-hybridized carbons (Fsp3) is 0.318. The molecule has 0 saturated carbocycles. The van der Waals surface area contributed by atoms with Crippen LogP contribution in [0.4, 0.5) is 5.69 Å². The third-order valence-corrected chi connectivity index (χ3v) is 5.98. The number of hydrogen-bond acceptors (Lipinski definition) is 6. The summed E-state index contributed by atoms with van der Waals surface area (Å²) in [6.07, 6.45) is 6.72. The van der Waals surface area contributed by atoms with Crippen LogP contribution in [-0.2, 0) is 6.54 Å². The van der Waals surface area contributed by atoms with Gasteiger partial charge in [-0.1, -0.05) is 18.2 Å². The summed E-state index contributed by atoms with van der Waals surface area (Å²) in [5.41, 5.74) is 3.21. The zero-order valence-electron chi connectivity index (χ0n) is 16.5. The summed E-state index contributed by atoms with van der Waals surface area (Å²) in [5, 5.41) is 6.59. The third-order valence-electron chi connectivity index (χ3n) is 4.85. The van der Waals surface area contributed by atoms with Gasteiger partial charge in [0, 0.05) is 49.4 Å². The van der Waals surface area contributed by atoms with Crippen LogP contribution in [0.3, 0.4) is 0 Å². The molecule has 2 aliphatic rings. The molecule has 1 amide bonds. The highest BCUT2D eigenvalue weighted by atomic mass is 32.1. The van der Waals surface area contributed by atoms with Crippen LogP contribution in [-0.4, -0.2) is 49.2 Å². The molecule has 3 heterocycles. The van der Waals surface area contributed by atoms with Gasteiger partial charge in [-0.05, 0) is 42.3 Å². The molecule has 0 radical (unpaired) electrons. The number of aryl methyl sites for hydroxylation is 1. The Morgan fingerprint density at radius 3 is 2.93 bits per heavy atom. The molecule has 29 heavy (non-hydrogen) atoms. The van der Waals surface area contributed by atoms with Crippen molar-refractivity contribution in [1.82, 2.24) is 10.2 Å². The van der Waals surface area contributed by atoms with Gasteiger partial charge in [-0.3, -0.25) is 4.79 Å². The number of amides is 1. The first-order valence-corrected chi connectivity index (χ1v) is 10.7. The van der Waals surface area contributed by atoms with E-state index in [1.54, 1.807) is 11.3 Å². The largest absolute Gasteiger partial charge is 0.335 e. The van der Waals surface area contributed by atoms with Gasteiger partial charge in [0.25, 0.3) is 5.91 Å². The van der Waals surface area contributed by atoms with Crippen molar-refractivity contribution in [1.29, 1.82) is 0 Å². The van der Waals surface area contributed by atoms with E-state index in [0.717, 1.165) is 47.2 Å². The molecule has 150 valence electrons. The second kappa shape index (κ2) is 9.15. The highest BCUT2D eigenvalue weighted by Crippen LogP contribution is 2.27. The monoisotopic (exact) mass is 407 g/mol. The number of anilines is 1. The minimum Gasteiger partial charge on any atom is -0.335 e. The Bertz CT molecular complexity index is 969. The summed E-state index contributed by atoms with van der Waals surface area (Å²) in [7, 11) is 0. The molecule has 2 aliphatic heterocycles. The maximum Gasteiger partial charge on any atom is 0.264 e. The van der Waals surface area contributed by atoms with Gasteiger partial charge in [-0.2, -0.15) is 0 Å². The lowest BCUT2D eigenvalue weighted by atomic mass is 10.2. The minimum absolute atomic E-state index is 0.116. The van der Waals surface area contributed by atoms with Gasteiger partial charge in [0.05, 0.1) is 11.4 Å². The van der Waals surface area contributed by atoms with E-state index >= 15 is 0 Å². The van der Waals surface area contributed by atoms with E-state index < -0.39 is 0 Å². The fourth-order valence-electron chi connectivity index (χ4n) is 3.34. The number of allylic oxidation sites excluding steroid dienone is 1. The van der Waals surface area contributed by atoms with E-state index in [2.05, 4.69) is 51.8 Å². The first kappa shape index (κ1) is 19.5. The van der Waals surface area contributed by atoms with Crippen LogP contribution in [0.25, 0.3) is 6.08 Å². The molecule has 0 spiro atoms. The van der Waals surface area contributed by atoms with Crippen LogP contribution >= 0.6 is 11.3 Å². The number of nitrogens with zero attached hydrogens (tertiary/aromatic N) is 3. The van der Waals surface area contributed by atoms with Gasteiger partial charge < -0.3 is 15.5 Å². The molecule has 1 aromatic heterocycles. The smallest absolute Gasteiger partial charge is 0.264 e. The lowest BCUT2D eigenvalue weighted by Crippen LogP contribution is -2.46. The van der Waals surface area contributed by atoms with E-state index in [9.17, 15) is 4.79 Å². The third kappa shape index (κ3) is 4.99. The molecule has 0 aliphatic carbocycles. The topological polar surface area (TPSA) is 69.1 Å². The minimum atomic E-state index is 0.116. The zero-order valence-corrected chi connectivity index (χ0v) is 17.3. The number of nitrogens with one attached hydrogen (secondary N) is 2. The van der Waals surface area contributed by atoms with Gasteiger partial charge >= 0.3 is 0 Å². The molecule has 0 bridgehead atoms. The quantitative estimate of drug-likeness (QED) is 0.800. The SMILES string of the molecule is Cc1cccc(NC2=NCc3cc(C(=O)N4CCNCC4)sc3/C=C\CC=N2)c1. The van der Waals surface area contributed by atoms with Crippen LogP contribution in [0.2, 0.25) is 0 Å². The van der Waals surface area contributed by atoms with Crippen molar-refractivity contribution < 1.29 is 4.79 Å². The summed E-state index contributed by atoms with van der Waals surface area (Å²) in [6.45, 7) is 5.76. The Hall–Kier alpha value is -2.77. The summed E-state index contributed by atoms with van der Waals surface area (Å²) in [5.74, 6) is 0.698. The average Bonchev–Trinajstić information content (AvgIpc) is 3.15. The Morgan fingerprint density at radius 2 is 2.10 bits per heavy atom. The number of hydrogen-bond donors (Lipinski definition) is 2. The fourth-order valence-corrected chi connectivity index (χ4v) is 4.41. The lowest BCUT2D eigenvalue weighted by Gasteiger charge is -2.26. The number of thiophene rings is 1. The Labute approximate surface area is 175 Å². The molecule has 4 rings (SSSR count). The van der Waals surface area contributed by atoms with Gasteiger partial charge in [0.2, 0.25) is 5.96 Å². The van der Waals surface area contributed by atoms with E-state index in [1.165, 1.54) is 5.56 Å². The summed E-state index contributed by atoms with van der Waals surface area (Å²) in [6, 6.07) is 10.1. The molecule has 0 atom stereocenters. The molecule has 1 fully saturated rings. The van der Waals surface area contributed by atoms with Gasteiger partial charge in [0.1, 0.15) is 0 Å². The first-order valence-electron chi connectivity index (χ1n) is 9.89. The second-order valence-corrected chi connectivity index (χ2v) is 8.21. The number of piperazine rings is 1. The maximum atomic E-state index is 12.9. The molecular formula is C22H25N5OS. The number of rotatable bonds is 2. The number of carbonyl (C=O) groups excluding carboxylic acids is 1. The lowest BCUT2D eigenvalue weighted by molar-refractivity contribution is 0.0740. The predicted molar refractivity (Wildman–Crippen MR) is 121 cm³/mol. The summed E-state index contributed by atoms with van der Waals surface area (Å²) < 4.78 is 0. The van der Waals surface area contributed by atoms with E-state index in [0.29, 0.717) is 18.9 Å². The van der Waals surface area contributed by atoms with Crippen molar-refractivity contribution in [3.05, 3.63) is 57.3 Å². The molecule has 6 nitrogen and oxygen atoms in total. The molecule has 0 unspecified atom stereocenters. The average molecular weight is 408 g/mol. The molecular weight excluding hydrogens is 382 g/mol. The number of carbonyl (C=O) groups is 1. The Morgan fingerprint density at radius 1 is 1.24 bits per heavy atom. The van der Waals surface area contributed by atoms with Crippen LogP contribution in [0, 0.1) is 6.92 Å². The molecule has 2 N–H and O–H groups in total. The first-order chi connectivity index (χ1) is 14.2. The van der Waals surface area contributed by atoms with Crippen molar-refractivity contribution in [2.45, 2.75) is 19.9 Å². The highest BCUT2D eigenvalue weighted by Gasteiger charge is 2.21. The van der Waals surface area contributed by atoms with Crippen molar-refractivity contribution in [3.8, 4) is 0 Å². The van der Waals surface area contributed by atoms with Gasteiger partial charge in [0.15, 0.2) is 0 Å². The van der Waals surface area contributed by atoms with Gasteiger partial charge in [-0.25, -0.2) is 9.98 Å². The Kier molecular flexibility index (Phi) is 6.17. The zero-order chi connectivity index (χ0) is 20.1. The standard InChI is InChI=1S/C22H25N5OS/c1-16-5-4-6-18(13-16)26-22-24-8-3-2-7-19-17(15-25-22)14-20(29-19)21(28)27-11-9-23-10-12-27/h2,4-8,13-14,23H,3,9-12,15H2,1H3,(H,25,26)/b7-2-,24-8?. The molecule has 1 saturated heterocycles. The summed E-state index contributed by atoms with van der Waals surface area (Å²) >= 11 is 1.55. The van der Waals surface area contributed by atoms with E-state index in [1.807, 2.05) is 29.3 Å². The number of guanidine groups is 1. The molecule has 7 heteroatoms. The predicted octanol–water partition coefficient (Wildman–Crippen LogP) is 3.56. The number of aliphatic imine (C=N–C) groups is 2. The van der Waals surface area contributed by atoms with Crippen molar-refractivity contribution in [2.24, 2.45) is 9.98 Å². The number of benzene rings is 1. The molecule has 1 aromatic carbocycles. The van der Waals surface area contributed by atoms with E-state index in [4.69, 9.17) is 0 Å². The van der Waals surface area contributed by atoms with Crippen LogP contribution in [0.1, 0.15) is 32.1 Å². The normalized spacial score (nSPS) is 18.0. The van der Waals surface area contributed by atoms with E-state index in [-0.39, 0.29) is 5.91 Å². The van der Waals surface area contributed by atoms with Crippen LogP contribution in [0.15, 0.2) is 46.4 Å². The van der Waals surface area contributed by atoms with Crippen LogP contribution in [0.5, 0.6) is 0 Å². The van der Waals surface area contributed by atoms with Crippen LogP contribution < -0.4 is 10.6 Å².